The molecule has 0 saturated carbocycles. The molecule has 24 heavy (non-hydrogen) atoms. The average Bonchev–Trinajstić information content (AvgIpc) is 2.60. The van der Waals surface area contributed by atoms with Gasteiger partial charge in [0.2, 0.25) is 5.91 Å². The standard InChI is InChI=1S/C17H23N3O3S/c1-2-3-8-15(21)19-17(24)18-14-7-5-4-6-13(14)16(22)20-9-11-23-12-10-20/h4-7H,2-3,8-12H2,1H3,(H2,18,19,21,24). The molecule has 0 aromatic heterocycles. The molecule has 1 aromatic rings. The fourth-order valence-corrected chi connectivity index (χ4v) is 2.62. The van der Waals surface area contributed by atoms with E-state index < -0.39 is 0 Å². The van der Waals surface area contributed by atoms with Crippen LogP contribution in [0.1, 0.15) is 36.5 Å². The second kappa shape index (κ2) is 9.34. The number of para-hydroxylation sites is 1. The highest BCUT2D eigenvalue weighted by atomic mass is 32.1. The molecule has 130 valence electrons. The summed E-state index contributed by atoms with van der Waals surface area (Å²) in [7, 11) is 0. The third kappa shape index (κ3) is 5.28. The molecular formula is C17H23N3O3S. The molecule has 0 aliphatic carbocycles. The zero-order valence-electron chi connectivity index (χ0n) is 13.8. The molecule has 2 rings (SSSR count). The Labute approximate surface area is 147 Å². The summed E-state index contributed by atoms with van der Waals surface area (Å²) < 4.78 is 5.28. The minimum atomic E-state index is -0.119. The van der Waals surface area contributed by atoms with Crippen molar-refractivity contribution < 1.29 is 14.3 Å². The normalized spacial score (nSPS) is 14.1. The molecule has 2 amide bonds. The van der Waals surface area contributed by atoms with E-state index in [9.17, 15) is 9.59 Å². The lowest BCUT2D eigenvalue weighted by molar-refractivity contribution is -0.119. The summed E-state index contributed by atoms with van der Waals surface area (Å²) in [5.74, 6) is -0.187. The quantitative estimate of drug-likeness (QED) is 0.797. The van der Waals surface area contributed by atoms with Gasteiger partial charge in [-0.05, 0) is 30.8 Å². The van der Waals surface area contributed by atoms with Crippen LogP contribution in [0.3, 0.4) is 0 Å². The first-order chi connectivity index (χ1) is 11.6. The smallest absolute Gasteiger partial charge is 0.256 e. The number of nitrogens with zero attached hydrogens (tertiary/aromatic N) is 1. The molecule has 1 aromatic carbocycles. The Morgan fingerprint density at radius 1 is 1.25 bits per heavy atom. The molecule has 6 nitrogen and oxygen atoms in total. The van der Waals surface area contributed by atoms with Gasteiger partial charge < -0.3 is 20.3 Å². The Morgan fingerprint density at radius 3 is 2.67 bits per heavy atom. The number of thiocarbonyl (C=S) groups is 1. The summed E-state index contributed by atoms with van der Waals surface area (Å²) in [4.78, 5) is 26.2. The van der Waals surface area contributed by atoms with Crippen LogP contribution in [0.25, 0.3) is 0 Å². The largest absolute Gasteiger partial charge is 0.378 e. The highest BCUT2D eigenvalue weighted by Crippen LogP contribution is 2.18. The van der Waals surface area contributed by atoms with Gasteiger partial charge >= 0.3 is 0 Å². The molecule has 0 bridgehead atoms. The van der Waals surface area contributed by atoms with Crippen molar-refractivity contribution in [3.8, 4) is 0 Å². The zero-order valence-corrected chi connectivity index (χ0v) is 14.7. The number of hydrogen-bond acceptors (Lipinski definition) is 4. The van der Waals surface area contributed by atoms with E-state index in [4.69, 9.17) is 17.0 Å². The van der Waals surface area contributed by atoms with E-state index in [1.54, 1.807) is 17.0 Å². The van der Waals surface area contributed by atoms with Gasteiger partial charge in [0.1, 0.15) is 0 Å². The van der Waals surface area contributed by atoms with E-state index in [0.29, 0.717) is 44.0 Å². The van der Waals surface area contributed by atoms with E-state index in [-0.39, 0.29) is 16.9 Å². The molecule has 2 N–H and O–H groups in total. The molecule has 1 fully saturated rings. The molecular weight excluding hydrogens is 326 g/mol. The summed E-state index contributed by atoms with van der Waals surface area (Å²) in [6.07, 6.45) is 2.21. The van der Waals surface area contributed by atoms with Gasteiger partial charge in [-0.3, -0.25) is 9.59 Å². The number of nitrogens with one attached hydrogen (secondary N) is 2. The molecule has 0 spiro atoms. The van der Waals surface area contributed by atoms with Crippen molar-refractivity contribution in [2.45, 2.75) is 26.2 Å². The molecule has 7 heteroatoms. The third-order valence-corrected chi connectivity index (χ3v) is 3.92. The Hall–Kier alpha value is -1.99. The first-order valence-electron chi connectivity index (χ1n) is 8.18. The van der Waals surface area contributed by atoms with Crippen molar-refractivity contribution in [1.29, 1.82) is 0 Å². The van der Waals surface area contributed by atoms with Gasteiger partial charge in [0.25, 0.3) is 5.91 Å². The maximum absolute atomic E-state index is 12.7. The van der Waals surface area contributed by atoms with Crippen LogP contribution in [-0.2, 0) is 9.53 Å². The number of anilines is 1. The van der Waals surface area contributed by atoms with Gasteiger partial charge in [-0.25, -0.2) is 0 Å². The summed E-state index contributed by atoms with van der Waals surface area (Å²) in [5.41, 5.74) is 1.12. The van der Waals surface area contributed by atoms with E-state index in [0.717, 1.165) is 12.8 Å². The first-order valence-corrected chi connectivity index (χ1v) is 8.59. The van der Waals surface area contributed by atoms with Crippen LogP contribution in [0.5, 0.6) is 0 Å². The average molecular weight is 349 g/mol. The first kappa shape index (κ1) is 18.4. The van der Waals surface area contributed by atoms with Crippen LogP contribution in [0, 0.1) is 0 Å². The predicted octanol–water partition coefficient (Wildman–Crippen LogP) is 2.16. The monoisotopic (exact) mass is 349 g/mol. The second-order valence-electron chi connectivity index (χ2n) is 5.56. The van der Waals surface area contributed by atoms with Crippen LogP contribution < -0.4 is 10.6 Å². The SMILES string of the molecule is CCCCC(=O)NC(=S)Nc1ccccc1C(=O)N1CCOCC1. The van der Waals surface area contributed by atoms with Gasteiger partial charge in [0, 0.05) is 19.5 Å². The molecule has 1 heterocycles. The highest BCUT2D eigenvalue weighted by molar-refractivity contribution is 7.80. The Bertz CT molecular complexity index is 600. The molecule has 1 aliphatic rings. The summed E-state index contributed by atoms with van der Waals surface area (Å²) in [6.45, 7) is 4.27. The van der Waals surface area contributed by atoms with Crippen LogP contribution in [0.2, 0.25) is 0 Å². The number of hydrogen-bond donors (Lipinski definition) is 2. The minimum Gasteiger partial charge on any atom is -0.378 e. The lowest BCUT2D eigenvalue weighted by Gasteiger charge is -2.27. The second-order valence-corrected chi connectivity index (χ2v) is 5.96. The van der Waals surface area contributed by atoms with Crippen LogP contribution >= 0.6 is 12.2 Å². The molecule has 0 radical (unpaired) electrons. The van der Waals surface area contributed by atoms with Gasteiger partial charge in [0.05, 0.1) is 24.5 Å². The number of unbranched alkanes of at least 4 members (excludes halogenated alkanes) is 1. The van der Waals surface area contributed by atoms with Crippen molar-refractivity contribution in [2.24, 2.45) is 0 Å². The van der Waals surface area contributed by atoms with Gasteiger partial charge in [0.15, 0.2) is 5.11 Å². The maximum atomic E-state index is 12.7. The topological polar surface area (TPSA) is 70.7 Å². The van der Waals surface area contributed by atoms with Crippen molar-refractivity contribution in [1.82, 2.24) is 10.2 Å². The zero-order chi connectivity index (χ0) is 17.4. The number of ether oxygens (including phenoxy) is 1. The lowest BCUT2D eigenvalue weighted by atomic mass is 10.1. The number of benzene rings is 1. The van der Waals surface area contributed by atoms with Crippen molar-refractivity contribution >= 4 is 34.8 Å². The van der Waals surface area contributed by atoms with E-state index in [1.807, 2.05) is 19.1 Å². The van der Waals surface area contributed by atoms with E-state index in [2.05, 4.69) is 10.6 Å². The van der Waals surface area contributed by atoms with Crippen LogP contribution in [0.4, 0.5) is 5.69 Å². The Kier molecular flexibility index (Phi) is 7.14. The van der Waals surface area contributed by atoms with Crippen LogP contribution in [-0.4, -0.2) is 48.1 Å². The molecule has 1 aliphatic heterocycles. The summed E-state index contributed by atoms with van der Waals surface area (Å²) in [5, 5.41) is 5.81. The van der Waals surface area contributed by atoms with Gasteiger partial charge in [-0.2, -0.15) is 0 Å². The highest BCUT2D eigenvalue weighted by Gasteiger charge is 2.21. The maximum Gasteiger partial charge on any atom is 0.256 e. The Balaban J connectivity index is 2.01. The third-order valence-electron chi connectivity index (χ3n) is 3.71. The fraction of sp³-hybridized carbons (Fsp3) is 0.471. The van der Waals surface area contributed by atoms with Gasteiger partial charge in [-0.15, -0.1) is 0 Å². The van der Waals surface area contributed by atoms with E-state index >= 15 is 0 Å². The number of amides is 2. The molecule has 0 unspecified atom stereocenters. The van der Waals surface area contributed by atoms with Gasteiger partial charge in [-0.1, -0.05) is 25.5 Å². The number of rotatable bonds is 5. The van der Waals surface area contributed by atoms with Crippen molar-refractivity contribution in [3.63, 3.8) is 0 Å². The van der Waals surface area contributed by atoms with Crippen molar-refractivity contribution in [3.05, 3.63) is 29.8 Å². The summed E-state index contributed by atoms with van der Waals surface area (Å²) in [6, 6.07) is 7.15. The van der Waals surface area contributed by atoms with Crippen LogP contribution in [0.15, 0.2) is 24.3 Å². The minimum absolute atomic E-state index is 0.0680. The van der Waals surface area contributed by atoms with E-state index in [1.165, 1.54) is 0 Å². The van der Waals surface area contributed by atoms with Crippen molar-refractivity contribution in [2.75, 3.05) is 31.6 Å². The summed E-state index contributed by atoms with van der Waals surface area (Å²) >= 11 is 5.18. The predicted molar refractivity (Wildman–Crippen MR) is 97.1 cm³/mol. The Morgan fingerprint density at radius 2 is 1.96 bits per heavy atom. The number of carbonyl (C=O) groups excluding carboxylic acids is 2. The number of carbonyl (C=O) groups is 2. The lowest BCUT2D eigenvalue weighted by Crippen LogP contribution is -2.41. The fourth-order valence-electron chi connectivity index (χ4n) is 2.40. The molecule has 0 atom stereocenters. The number of morpholine rings is 1. The molecule has 1 saturated heterocycles.